The molecule has 1 aromatic heterocycles. The van der Waals surface area contributed by atoms with Crippen molar-refractivity contribution >= 4 is 5.82 Å². The highest BCUT2D eigenvalue weighted by molar-refractivity contribution is 5.37. The molecule has 0 spiro atoms. The van der Waals surface area contributed by atoms with Gasteiger partial charge in [0.2, 0.25) is 0 Å². The fourth-order valence-corrected chi connectivity index (χ4v) is 2.33. The van der Waals surface area contributed by atoms with E-state index in [9.17, 15) is 0 Å². The molecular weight excluding hydrogens is 234 g/mol. The molecule has 1 aromatic carbocycles. The van der Waals surface area contributed by atoms with Gasteiger partial charge in [-0.2, -0.15) is 0 Å². The standard InChI is InChI=1S/C16H21N3/c1-5-17-15-9-13(4)18-16(19-15)10-14-7-11(2)6-12(3)8-14/h6-9H,5,10H2,1-4H3,(H,17,18,19). The minimum absolute atomic E-state index is 0.780. The third-order valence-corrected chi connectivity index (χ3v) is 2.90. The number of aryl methyl sites for hydroxylation is 3. The molecule has 0 fully saturated rings. The van der Waals surface area contributed by atoms with Crippen molar-refractivity contribution in [3.63, 3.8) is 0 Å². The van der Waals surface area contributed by atoms with Crippen LogP contribution in [0.5, 0.6) is 0 Å². The van der Waals surface area contributed by atoms with E-state index >= 15 is 0 Å². The Hall–Kier alpha value is -1.90. The van der Waals surface area contributed by atoms with Crippen LogP contribution in [0.3, 0.4) is 0 Å². The molecule has 0 atom stereocenters. The van der Waals surface area contributed by atoms with Crippen molar-refractivity contribution in [1.29, 1.82) is 0 Å². The van der Waals surface area contributed by atoms with E-state index in [1.807, 2.05) is 13.0 Å². The van der Waals surface area contributed by atoms with Gasteiger partial charge in [-0.05, 0) is 33.3 Å². The van der Waals surface area contributed by atoms with E-state index in [1.54, 1.807) is 0 Å². The average Bonchev–Trinajstić information content (AvgIpc) is 2.26. The van der Waals surface area contributed by atoms with E-state index < -0.39 is 0 Å². The number of benzene rings is 1. The highest BCUT2D eigenvalue weighted by atomic mass is 15.0. The van der Waals surface area contributed by atoms with E-state index in [0.717, 1.165) is 30.3 Å². The maximum atomic E-state index is 4.56. The summed E-state index contributed by atoms with van der Waals surface area (Å²) in [4.78, 5) is 9.08. The van der Waals surface area contributed by atoms with Crippen LogP contribution >= 0.6 is 0 Å². The normalized spacial score (nSPS) is 10.5. The number of hydrogen-bond donors (Lipinski definition) is 1. The highest BCUT2D eigenvalue weighted by Crippen LogP contribution is 2.14. The topological polar surface area (TPSA) is 37.8 Å². The summed E-state index contributed by atoms with van der Waals surface area (Å²) in [7, 11) is 0. The van der Waals surface area contributed by atoms with Gasteiger partial charge >= 0.3 is 0 Å². The molecule has 0 aliphatic carbocycles. The Morgan fingerprint density at radius 2 is 1.63 bits per heavy atom. The molecule has 2 aromatic rings. The molecule has 1 N–H and O–H groups in total. The van der Waals surface area contributed by atoms with Gasteiger partial charge < -0.3 is 5.32 Å². The first-order valence-corrected chi connectivity index (χ1v) is 6.72. The lowest BCUT2D eigenvalue weighted by Gasteiger charge is -2.08. The molecule has 19 heavy (non-hydrogen) atoms. The fraction of sp³-hybridized carbons (Fsp3) is 0.375. The monoisotopic (exact) mass is 255 g/mol. The van der Waals surface area contributed by atoms with Gasteiger partial charge in [0.1, 0.15) is 11.6 Å². The predicted octanol–water partition coefficient (Wildman–Crippen LogP) is 3.42. The number of nitrogens with zero attached hydrogens (tertiary/aromatic N) is 2. The van der Waals surface area contributed by atoms with E-state index in [0.29, 0.717) is 0 Å². The summed E-state index contributed by atoms with van der Waals surface area (Å²) in [6, 6.07) is 8.57. The van der Waals surface area contributed by atoms with Gasteiger partial charge in [0.25, 0.3) is 0 Å². The molecule has 3 nitrogen and oxygen atoms in total. The van der Waals surface area contributed by atoms with E-state index in [2.05, 4.69) is 54.3 Å². The van der Waals surface area contributed by atoms with Crippen molar-refractivity contribution in [2.75, 3.05) is 11.9 Å². The molecule has 0 aliphatic rings. The average molecular weight is 255 g/mol. The second-order valence-electron chi connectivity index (χ2n) is 5.01. The quantitative estimate of drug-likeness (QED) is 0.909. The first-order valence-electron chi connectivity index (χ1n) is 6.72. The van der Waals surface area contributed by atoms with Crippen LogP contribution in [0.25, 0.3) is 0 Å². The predicted molar refractivity (Wildman–Crippen MR) is 79.7 cm³/mol. The van der Waals surface area contributed by atoms with Gasteiger partial charge in [-0.1, -0.05) is 29.3 Å². The van der Waals surface area contributed by atoms with Crippen LogP contribution in [-0.2, 0) is 6.42 Å². The Morgan fingerprint density at radius 3 is 2.26 bits per heavy atom. The molecular formula is C16H21N3. The third-order valence-electron chi connectivity index (χ3n) is 2.90. The maximum Gasteiger partial charge on any atom is 0.135 e. The molecule has 1 heterocycles. The van der Waals surface area contributed by atoms with Crippen LogP contribution in [0.2, 0.25) is 0 Å². The summed E-state index contributed by atoms with van der Waals surface area (Å²) in [6.45, 7) is 9.20. The molecule has 0 aliphatic heterocycles. The Morgan fingerprint density at radius 1 is 0.947 bits per heavy atom. The number of anilines is 1. The molecule has 0 radical (unpaired) electrons. The number of hydrogen-bond acceptors (Lipinski definition) is 3. The third kappa shape index (κ3) is 3.78. The lowest BCUT2D eigenvalue weighted by Crippen LogP contribution is -2.05. The first kappa shape index (κ1) is 13.5. The Bertz CT molecular complexity index is 556. The zero-order valence-electron chi connectivity index (χ0n) is 12.1. The van der Waals surface area contributed by atoms with Crippen LogP contribution in [0.15, 0.2) is 24.3 Å². The molecule has 0 saturated carbocycles. The number of aromatic nitrogens is 2. The molecule has 0 bridgehead atoms. The lowest BCUT2D eigenvalue weighted by molar-refractivity contribution is 0.936. The van der Waals surface area contributed by atoms with Gasteiger partial charge in [-0.25, -0.2) is 9.97 Å². The van der Waals surface area contributed by atoms with Crippen molar-refractivity contribution in [2.24, 2.45) is 0 Å². The smallest absolute Gasteiger partial charge is 0.135 e. The molecule has 0 amide bonds. The summed E-state index contributed by atoms with van der Waals surface area (Å²) in [5.41, 5.74) is 4.85. The SMILES string of the molecule is CCNc1cc(C)nc(Cc2cc(C)cc(C)c2)n1. The van der Waals surface area contributed by atoms with E-state index in [1.165, 1.54) is 16.7 Å². The molecule has 2 rings (SSSR count). The van der Waals surface area contributed by atoms with E-state index in [-0.39, 0.29) is 0 Å². The molecule has 3 heteroatoms. The van der Waals surface area contributed by atoms with Crippen LogP contribution < -0.4 is 5.32 Å². The Labute approximate surface area is 115 Å². The zero-order chi connectivity index (χ0) is 13.8. The Kier molecular flexibility index (Phi) is 4.15. The summed E-state index contributed by atoms with van der Waals surface area (Å²) >= 11 is 0. The second-order valence-corrected chi connectivity index (χ2v) is 5.01. The Balaban J connectivity index is 2.27. The van der Waals surface area contributed by atoms with Gasteiger partial charge in [0, 0.05) is 24.7 Å². The fourth-order valence-electron chi connectivity index (χ4n) is 2.33. The van der Waals surface area contributed by atoms with Crippen LogP contribution in [-0.4, -0.2) is 16.5 Å². The molecule has 100 valence electrons. The van der Waals surface area contributed by atoms with Crippen molar-refractivity contribution < 1.29 is 0 Å². The first-order chi connectivity index (χ1) is 9.06. The van der Waals surface area contributed by atoms with Crippen molar-refractivity contribution in [2.45, 2.75) is 34.1 Å². The minimum Gasteiger partial charge on any atom is -0.370 e. The highest BCUT2D eigenvalue weighted by Gasteiger charge is 2.04. The van der Waals surface area contributed by atoms with Gasteiger partial charge in [0.15, 0.2) is 0 Å². The molecule has 0 saturated heterocycles. The van der Waals surface area contributed by atoms with Crippen molar-refractivity contribution in [3.05, 3.63) is 52.5 Å². The molecule has 0 unspecified atom stereocenters. The number of rotatable bonds is 4. The minimum atomic E-state index is 0.780. The zero-order valence-corrected chi connectivity index (χ0v) is 12.1. The van der Waals surface area contributed by atoms with Crippen LogP contribution in [0.4, 0.5) is 5.82 Å². The summed E-state index contributed by atoms with van der Waals surface area (Å²) in [5, 5.41) is 3.25. The van der Waals surface area contributed by atoms with Gasteiger partial charge in [0.05, 0.1) is 0 Å². The lowest BCUT2D eigenvalue weighted by atomic mass is 10.0. The van der Waals surface area contributed by atoms with E-state index in [4.69, 9.17) is 0 Å². The van der Waals surface area contributed by atoms with Gasteiger partial charge in [-0.15, -0.1) is 0 Å². The summed E-state index contributed by atoms with van der Waals surface area (Å²) in [6.07, 6.45) is 0.780. The van der Waals surface area contributed by atoms with Crippen molar-refractivity contribution in [3.8, 4) is 0 Å². The van der Waals surface area contributed by atoms with Crippen molar-refractivity contribution in [1.82, 2.24) is 9.97 Å². The number of nitrogens with one attached hydrogen (secondary N) is 1. The van der Waals surface area contributed by atoms with Crippen LogP contribution in [0, 0.1) is 20.8 Å². The second kappa shape index (κ2) is 5.83. The summed E-state index contributed by atoms with van der Waals surface area (Å²) < 4.78 is 0. The van der Waals surface area contributed by atoms with Gasteiger partial charge in [-0.3, -0.25) is 0 Å². The maximum absolute atomic E-state index is 4.56. The largest absolute Gasteiger partial charge is 0.370 e. The summed E-state index contributed by atoms with van der Waals surface area (Å²) in [5.74, 6) is 1.79. The van der Waals surface area contributed by atoms with Crippen LogP contribution in [0.1, 0.15) is 35.1 Å².